The molecule has 0 aromatic heterocycles. The summed E-state index contributed by atoms with van der Waals surface area (Å²) in [6.45, 7) is 9.54. The highest BCUT2D eigenvalue weighted by atomic mass is 19.1. The summed E-state index contributed by atoms with van der Waals surface area (Å²) in [7, 11) is 1.55. The first-order chi connectivity index (χ1) is 22.3. The molecule has 1 fully saturated rings. The molecular weight excluding hydrogens is 599 g/mol. The number of benzene rings is 3. The van der Waals surface area contributed by atoms with E-state index in [0.29, 0.717) is 18.4 Å². The Kier molecular flexibility index (Phi) is 11.6. The highest BCUT2D eigenvalue weighted by Gasteiger charge is 2.44. The van der Waals surface area contributed by atoms with Crippen LogP contribution in [0.1, 0.15) is 58.6 Å². The number of halogens is 1. The minimum atomic E-state index is -1.07. The number of likely N-dealkylation sites (N-methyl/N-ethyl adjacent to an activating group) is 1. The average molecular weight is 647 g/mol. The first kappa shape index (κ1) is 35.4. The van der Waals surface area contributed by atoms with E-state index in [1.807, 2.05) is 56.3 Å². The SMILES string of the molecule is CCC(C)CC1C(=O)N(C(Cc2ccc3ccccc3c2)C(=O)NC)CCN1C(=O)C(Cc1ccc(F)cc1)NC(=O)OC(C)(C)C. The third-order valence-corrected chi connectivity index (χ3v) is 8.64. The van der Waals surface area contributed by atoms with Gasteiger partial charge in [-0.1, -0.05) is 74.9 Å². The number of nitrogens with one attached hydrogen (secondary N) is 2. The normalized spacial score (nSPS) is 17.2. The van der Waals surface area contributed by atoms with E-state index in [9.17, 15) is 23.6 Å². The van der Waals surface area contributed by atoms with Crippen LogP contribution in [0.3, 0.4) is 0 Å². The summed E-state index contributed by atoms with van der Waals surface area (Å²) in [4.78, 5) is 58.0. The van der Waals surface area contributed by atoms with Crippen molar-refractivity contribution in [2.24, 2.45) is 5.92 Å². The molecule has 4 atom stereocenters. The van der Waals surface area contributed by atoms with Crippen LogP contribution >= 0.6 is 0 Å². The molecule has 0 bridgehead atoms. The Morgan fingerprint density at radius 3 is 2.26 bits per heavy atom. The highest BCUT2D eigenvalue weighted by molar-refractivity contribution is 5.95. The van der Waals surface area contributed by atoms with E-state index in [4.69, 9.17) is 4.74 Å². The van der Waals surface area contributed by atoms with Crippen molar-refractivity contribution in [1.29, 1.82) is 0 Å². The fourth-order valence-electron chi connectivity index (χ4n) is 5.96. The van der Waals surface area contributed by atoms with Crippen LogP contribution in [0.2, 0.25) is 0 Å². The Morgan fingerprint density at radius 1 is 0.957 bits per heavy atom. The second-order valence-electron chi connectivity index (χ2n) is 13.4. The first-order valence-corrected chi connectivity index (χ1v) is 16.3. The monoisotopic (exact) mass is 646 g/mol. The lowest BCUT2D eigenvalue weighted by atomic mass is 9.92. The molecule has 1 aliphatic rings. The van der Waals surface area contributed by atoms with E-state index in [1.165, 1.54) is 17.0 Å². The fraction of sp³-hybridized carbons (Fsp3) is 0.459. The molecular formula is C37H47FN4O5. The summed E-state index contributed by atoms with van der Waals surface area (Å²) in [5.41, 5.74) is 0.760. The standard InChI is InChI=1S/C37H47FN4O5/c1-7-24(2)20-32-35(45)41(31(33(43)39-6)23-26-12-15-27-10-8-9-11-28(27)21-26)18-19-42(32)34(44)30(40-36(46)47-37(3,4)5)22-25-13-16-29(38)17-14-25/h8-17,21,24,30-32H,7,18-20,22-23H2,1-6H3,(H,39,43)(H,40,46). The van der Waals surface area contributed by atoms with Gasteiger partial charge in [0.25, 0.3) is 0 Å². The number of alkyl carbamates (subject to hydrolysis) is 1. The number of piperazine rings is 1. The summed E-state index contributed by atoms with van der Waals surface area (Å²) < 4.78 is 19.1. The Morgan fingerprint density at radius 2 is 1.62 bits per heavy atom. The molecule has 47 heavy (non-hydrogen) atoms. The second kappa shape index (κ2) is 15.4. The number of hydrogen-bond donors (Lipinski definition) is 2. The lowest BCUT2D eigenvalue weighted by Crippen LogP contribution is -2.66. The van der Waals surface area contributed by atoms with Crippen LogP contribution in [-0.4, -0.2) is 77.5 Å². The predicted molar refractivity (Wildman–Crippen MR) is 180 cm³/mol. The molecule has 252 valence electrons. The van der Waals surface area contributed by atoms with Crippen LogP contribution in [-0.2, 0) is 32.0 Å². The Hall–Kier alpha value is -4.47. The van der Waals surface area contributed by atoms with Gasteiger partial charge >= 0.3 is 6.09 Å². The van der Waals surface area contributed by atoms with Crippen molar-refractivity contribution >= 4 is 34.6 Å². The van der Waals surface area contributed by atoms with Crippen molar-refractivity contribution in [2.45, 2.75) is 84.0 Å². The second-order valence-corrected chi connectivity index (χ2v) is 13.4. The van der Waals surface area contributed by atoms with Crippen molar-refractivity contribution in [2.75, 3.05) is 20.1 Å². The average Bonchev–Trinajstić information content (AvgIpc) is 3.03. The largest absolute Gasteiger partial charge is 0.444 e. The van der Waals surface area contributed by atoms with Crippen molar-refractivity contribution < 1.29 is 28.3 Å². The molecule has 3 aromatic carbocycles. The summed E-state index contributed by atoms with van der Waals surface area (Å²) in [6, 6.07) is 17.0. The van der Waals surface area contributed by atoms with Crippen molar-refractivity contribution in [1.82, 2.24) is 20.4 Å². The summed E-state index contributed by atoms with van der Waals surface area (Å²) in [5.74, 6) is -1.34. The van der Waals surface area contributed by atoms with E-state index < -0.39 is 41.5 Å². The maximum atomic E-state index is 14.4. The van der Waals surface area contributed by atoms with Gasteiger partial charge in [0.1, 0.15) is 29.5 Å². The molecule has 0 spiro atoms. The molecule has 2 N–H and O–H groups in total. The quantitative estimate of drug-likeness (QED) is 0.296. The number of nitrogens with zero attached hydrogens (tertiary/aromatic N) is 2. The maximum Gasteiger partial charge on any atom is 0.408 e. The van der Waals surface area contributed by atoms with Gasteiger partial charge in [0.2, 0.25) is 17.7 Å². The topological polar surface area (TPSA) is 108 Å². The fourth-order valence-corrected chi connectivity index (χ4v) is 5.96. The van der Waals surface area contributed by atoms with Crippen molar-refractivity contribution in [3.05, 3.63) is 83.7 Å². The number of hydrogen-bond acceptors (Lipinski definition) is 5. The van der Waals surface area contributed by atoms with E-state index in [-0.39, 0.29) is 37.2 Å². The molecule has 0 saturated carbocycles. The number of amides is 4. The van der Waals surface area contributed by atoms with Gasteiger partial charge in [-0.3, -0.25) is 14.4 Å². The Labute approximate surface area is 276 Å². The molecule has 0 aliphatic carbocycles. The van der Waals surface area contributed by atoms with E-state index in [1.54, 1.807) is 44.9 Å². The number of carbonyl (C=O) groups is 4. The van der Waals surface area contributed by atoms with Crippen LogP contribution in [0.5, 0.6) is 0 Å². The van der Waals surface area contributed by atoms with Crippen LogP contribution in [0, 0.1) is 11.7 Å². The van der Waals surface area contributed by atoms with E-state index in [2.05, 4.69) is 10.6 Å². The van der Waals surface area contributed by atoms with Crippen molar-refractivity contribution in [3.63, 3.8) is 0 Å². The van der Waals surface area contributed by atoms with E-state index >= 15 is 0 Å². The number of rotatable bonds is 11. The lowest BCUT2D eigenvalue weighted by Gasteiger charge is -2.45. The zero-order chi connectivity index (χ0) is 34.3. The molecule has 3 aromatic rings. The molecule has 1 aliphatic heterocycles. The number of carbonyl (C=O) groups excluding carboxylic acids is 4. The summed E-state index contributed by atoms with van der Waals surface area (Å²) in [6.07, 6.45) is 0.802. The van der Waals surface area contributed by atoms with Crippen LogP contribution < -0.4 is 10.6 Å². The Balaban J connectivity index is 1.64. The van der Waals surface area contributed by atoms with Crippen LogP contribution in [0.15, 0.2) is 66.7 Å². The predicted octanol–water partition coefficient (Wildman–Crippen LogP) is 5.25. The zero-order valence-corrected chi connectivity index (χ0v) is 28.2. The number of ether oxygens (including phenoxy) is 1. The minimum Gasteiger partial charge on any atom is -0.444 e. The Bertz CT molecular complexity index is 1570. The van der Waals surface area contributed by atoms with Crippen LogP contribution in [0.4, 0.5) is 9.18 Å². The molecule has 9 nitrogen and oxygen atoms in total. The smallest absolute Gasteiger partial charge is 0.408 e. The van der Waals surface area contributed by atoms with Gasteiger partial charge in [-0.05, 0) is 67.1 Å². The van der Waals surface area contributed by atoms with Gasteiger partial charge in [-0.25, -0.2) is 9.18 Å². The molecule has 1 saturated heterocycles. The van der Waals surface area contributed by atoms with Gasteiger partial charge < -0.3 is 25.2 Å². The van der Waals surface area contributed by atoms with Crippen molar-refractivity contribution in [3.8, 4) is 0 Å². The van der Waals surface area contributed by atoms with Gasteiger partial charge in [-0.15, -0.1) is 0 Å². The molecule has 4 rings (SSSR count). The van der Waals surface area contributed by atoms with Gasteiger partial charge in [0.15, 0.2) is 0 Å². The molecule has 4 unspecified atom stereocenters. The summed E-state index contributed by atoms with van der Waals surface area (Å²) >= 11 is 0. The summed E-state index contributed by atoms with van der Waals surface area (Å²) in [5, 5.41) is 7.57. The molecule has 0 radical (unpaired) electrons. The first-order valence-electron chi connectivity index (χ1n) is 16.3. The van der Waals surface area contributed by atoms with Gasteiger partial charge in [0, 0.05) is 33.0 Å². The van der Waals surface area contributed by atoms with E-state index in [0.717, 1.165) is 22.8 Å². The van der Waals surface area contributed by atoms with Gasteiger partial charge in [-0.2, -0.15) is 0 Å². The maximum absolute atomic E-state index is 14.4. The van der Waals surface area contributed by atoms with Gasteiger partial charge in [0.05, 0.1) is 0 Å². The van der Waals surface area contributed by atoms with Crippen LogP contribution in [0.25, 0.3) is 10.8 Å². The molecule has 10 heteroatoms. The lowest BCUT2D eigenvalue weighted by molar-refractivity contribution is -0.157. The molecule has 4 amide bonds. The molecule has 1 heterocycles. The third-order valence-electron chi connectivity index (χ3n) is 8.64. The number of fused-ring (bicyclic) bond motifs is 1. The zero-order valence-electron chi connectivity index (χ0n) is 28.2. The minimum absolute atomic E-state index is 0.0750. The highest BCUT2D eigenvalue weighted by Crippen LogP contribution is 2.26. The third kappa shape index (κ3) is 9.30.